The van der Waals surface area contributed by atoms with Gasteiger partial charge >= 0.3 is 0 Å². The maximum absolute atomic E-state index is 13.0. The predicted molar refractivity (Wildman–Crippen MR) is 140 cm³/mol. The molecule has 15 heteroatoms. The van der Waals surface area contributed by atoms with Crippen LogP contribution in [0.5, 0.6) is 28.7 Å². The van der Waals surface area contributed by atoms with E-state index in [2.05, 4.69) is 0 Å². The second kappa shape index (κ2) is 12.2. The fourth-order valence-corrected chi connectivity index (χ4v) is 5.21. The van der Waals surface area contributed by atoms with Crippen molar-refractivity contribution in [1.29, 1.82) is 0 Å². The summed E-state index contributed by atoms with van der Waals surface area (Å²) in [7, 11) is 0. The summed E-state index contributed by atoms with van der Waals surface area (Å²) in [4.78, 5) is 25.9. The number of phenols is 3. The number of rotatable bonds is 7. The first kappa shape index (κ1) is 30.9. The summed E-state index contributed by atoms with van der Waals surface area (Å²) in [5, 5.41) is 80.4. The summed E-state index contributed by atoms with van der Waals surface area (Å²) < 4.78 is 28.4. The quantitative estimate of drug-likeness (QED) is 0.172. The van der Waals surface area contributed by atoms with E-state index in [4.69, 9.17) is 23.7 Å². The van der Waals surface area contributed by atoms with Gasteiger partial charge < -0.3 is 64.5 Å². The van der Waals surface area contributed by atoms with Crippen LogP contribution >= 0.6 is 0 Å². The number of fused-ring (bicyclic) bond motifs is 1. The second-order valence-electron chi connectivity index (χ2n) is 10.6. The van der Waals surface area contributed by atoms with E-state index in [9.17, 15) is 50.4 Å². The Morgan fingerprint density at radius 2 is 1.63 bits per heavy atom. The van der Waals surface area contributed by atoms with Crippen LogP contribution in [0.3, 0.4) is 0 Å². The van der Waals surface area contributed by atoms with Crippen LogP contribution in [0.4, 0.5) is 0 Å². The Hall–Kier alpha value is -3.54. The average molecular weight is 609 g/mol. The molecular weight excluding hydrogens is 576 g/mol. The Morgan fingerprint density at radius 3 is 2.33 bits per heavy atom. The topological polar surface area (TPSA) is 242 Å². The molecule has 8 N–H and O–H groups in total. The van der Waals surface area contributed by atoms with Crippen LogP contribution in [-0.2, 0) is 19.0 Å². The summed E-state index contributed by atoms with van der Waals surface area (Å²) in [6.07, 6.45) is -14.1. The van der Waals surface area contributed by atoms with E-state index in [1.807, 2.05) is 0 Å². The van der Waals surface area contributed by atoms with Crippen molar-refractivity contribution in [3.63, 3.8) is 0 Å². The maximum atomic E-state index is 13.0. The number of benzene rings is 2. The van der Waals surface area contributed by atoms with E-state index in [1.54, 1.807) is 0 Å². The molecule has 0 aliphatic carbocycles. The van der Waals surface area contributed by atoms with E-state index >= 15 is 0 Å². The molecule has 0 saturated carbocycles. The first-order valence-corrected chi connectivity index (χ1v) is 13.4. The minimum atomic E-state index is -1.81. The molecule has 3 aliphatic rings. The smallest absolute Gasteiger partial charge is 0.234 e. The van der Waals surface area contributed by atoms with Crippen molar-refractivity contribution in [3.8, 4) is 28.7 Å². The molecule has 2 aromatic rings. The number of aromatic hydroxyl groups is 3. The zero-order chi connectivity index (χ0) is 31.2. The molecule has 5 rings (SSSR count). The van der Waals surface area contributed by atoms with Gasteiger partial charge in [-0.2, -0.15) is 0 Å². The number of Topliss-reactive ketones (excluding diaryl/α,β-unsaturated/α-hetero) is 2. The molecule has 43 heavy (non-hydrogen) atoms. The van der Waals surface area contributed by atoms with Crippen LogP contribution < -0.4 is 9.47 Å². The molecule has 2 saturated heterocycles. The lowest BCUT2D eigenvalue weighted by molar-refractivity contribution is -0.258. The van der Waals surface area contributed by atoms with Gasteiger partial charge in [-0.25, -0.2) is 0 Å². The van der Waals surface area contributed by atoms with Gasteiger partial charge in [0.2, 0.25) is 6.29 Å². The van der Waals surface area contributed by atoms with Gasteiger partial charge in [0, 0.05) is 12.1 Å². The lowest BCUT2D eigenvalue weighted by Gasteiger charge is -2.41. The van der Waals surface area contributed by atoms with E-state index in [-0.39, 0.29) is 29.2 Å². The van der Waals surface area contributed by atoms with Gasteiger partial charge in [-0.05, 0) is 24.6 Å². The van der Waals surface area contributed by atoms with Gasteiger partial charge in [-0.1, -0.05) is 6.07 Å². The second-order valence-corrected chi connectivity index (χ2v) is 10.6. The highest BCUT2D eigenvalue weighted by Crippen LogP contribution is 2.43. The highest BCUT2D eigenvalue weighted by Gasteiger charge is 2.48. The number of aliphatic hydroxyl groups excluding tert-OH is 5. The molecule has 0 unspecified atom stereocenters. The SMILES string of the molecule is C[C@@H]1O[C@@H](CO[C@@H]2C(=O)[C@H](O)[C@@H](CO)O[C@H]2Oc2cc(O)c3c(c2)O[C@H](c2ccc(O)c(O)c2)CC3=O)[C@H](O)[C@H](O)[C@H]1O. The molecular formula is C28H32O15. The third-order valence-corrected chi connectivity index (χ3v) is 7.65. The number of ketones is 2. The number of carbonyl (C=O) groups excluding carboxylic acids is 2. The van der Waals surface area contributed by atoms with E-state index < -0.39 is 97.5 Å². The van der Waals surface area contributed by atoms with Crippen LogP contribution in [-0.4, -0.2) is 121 Å². The van der Waals surface area contributed by atoms with Crippen molar-refractivity contribution < 1.29 is 74.1 Å². The number of phenolic OH excluding ortho intramolecular Hbond substituents is 3. The minimum Gasteiger partial charge on any atom is -0.507 e. The van der Waals surface area contributed by atoms with Crippen molar-refractivity contribution >= 4 is 11.6 Å². The third-order valence-electron chi connectivity index (χ3n) is 7.65. The van der Waals surface area contributed by atoms with Gasteiger partial charge in [0.05, 0.1) is 25.7 Å². The Kier molecular flexibility index (Phi) is 8.78. The Bertz CT molecular complexity index is 1360. The van der Waals surface area contributed by atoms with Crippen molar-refractivity contribution in [3.05, 3.63) is 41.5 Å². The summed E-state index contributed by atoms with van der Waals surface area (Å²) >= 11 is 0. The van der Waals surface area contributed by atoms with E-state index in [1.165, 1.54) is 31.2 Å². The van der Waals surface area contributed by atoms with Gasteiger partial charge in [0.15, 0.2) is 29.2 Å². The third kappa shape index (κ3) is 5.98. The van der Waals surface area contributed by atoms with Crippen LogP contribution in [0.25, 0.3) is 0 Å². The first-order valence-electron chi connectivity index (χ1n) is 13.4. The normalized spacial score (nSPS) is 34.4. The standard InChI is InChI=1S/C28H32O15/c1-10-22(34)25(37)24(36)20(40-10)9-39-27-26(38)23(35)19(8-29)43-28(27)41-12-5-15(32)21-16(33)7-17(42-18(21)6-12)11-2-3-13(30)14(31)4-11/h2-6,10,17,19-20,22-25,27-32,34-37H,7-9H2,1H3/t10-,17-,19+,20-,22-,23+,24-,25+,27+,28+/m0/s1. The molecule has 0 amide bonds. The largest absolute Gasteiger partial charge is 0.507 e. The molecule has 0 bridgehead atoms. The van der Waals surface area contributed by atoms with Gasteiger partial charge in [-0.3, -0.25) is 9.59 Å². The fraction of sp³-hybridized carbons (Fsp3) is 0.500. The Labute approximate surface area is 244 Å². The van der Waals surface area contributed by atoms with Crippen LogP contribution in [0.2, 0.25) is 0 Å². The van der Waals surface area contributed by atoms with Gasteiger partial charge in [0.25, 0.3) is 0 Å². The Balaban J connectivity index is 1.38. The van der Waals surface area contributed by atoms with Crippen molar-refractivity contribution in [2.24, 2.45) is 0 Å². The van der Waals surface area contributed by atoms with E-state index in [0.717, 1.165) is 6.07 Å². The maximum Gasteiger partial charge on any atom is 0.234 e. The highest BCUT2D eigenvalue weighted by atomic mass is 16.7. The molecule has 234 valence electrons. The van der Waals surface area contributed by atoms with Gasteiger partial charge in [0.1, 0.15) is 65.5 Å². The predicted octanol–water partition coefficient (Wildman–Crippen LogP) is -1.21. The number of hydrogen-bond acceptors (Lipinski definition) is 15. The molecule has 0 radical (unpaired) electrons. The van der Waals surface area contributed by atoms with Crippen molar-refractivity contribution in [2.45, 2.75) is 74.6 Å². The summed E-state index contributed by atoms with van der Waals surface area (Å²) in [5.74, 6) is -2.96. The number of aliphatic hydroxyl groups is 5. The monoisotopic (exact) mass is 608 g/mol. The molecule has 15 nitrogen and oxygen atoms in total. The summed E-state index contributed by atoms with van der Waals surface area (Å²) in [6, 6.07) is 6.24. The Morgan fingerprint density at radius 1 is 0.884 bits per heavy atom. The average Bonchev–Trinajstić information content (AvgIpc) is 2.96. The van der Waals surface area contributed by atoms with Crippen LogP contribution in [0.1, 0.15) is 35.4 Å². The number of ether oxygens (including phenoxy) is 5. The summed E-state index contributed by atoms with van der Waals surface area (Å²) in [6.45, 7) is 0.201. The summed E-state index contributed by atoms with van der Waals surface area (Å²) in [5.41, 5.74) is 0.232. The lowest BCUT2D eigenvalue weighted by atomic mass is 9.95. The van der Waals surface area contributed by atoms with Gasteiger partial charge in [-0.15, -0.1) is 0 Å². The molecule has 3 heterocycles. The molecule has 0 spiro atoms. The lowest BCUT2D eigenvalue weighted by Crippen LogP contribution is -2.61. The number of hydrogen-bond donors (Lipinski definition) is 8. The molecule has 10 atom stereocenters. The van der Waals surface area contributed by atoms with Crippen LogP contribution in [0, 0.1) is 0 Å². The number of carbonyl (C=O) groups is 2. The molecule has 2 aromatic carbocycles. The van der Waals surface area contributed by atoms with Crippen molar-refractivity contribution in [1.82, 2.24) is 0 Å². The van der Waals surface area contributed by atoms with E-state index in [0.29, 0.717) is 5.56 Å². The fourth-order valence-electron chi connectivity index (χ4n) is 5.21. The zero-order valence-corrected chi connectivity index (χ0v) is 22.7. The minimum absolute atomic E-state index is 0.0950. The molecule has 3 aliphatic heterocycles. The van der Waals surface area contributed by atoms with Crippen molar-refractivity contribution in [2.75, 3.05) is 13.2 Å². The molecule has 0 aromatic heterocycles. The first-order chi connectivity index (χ1) is 20.4. The zero-order valence-electron chi connectivity index (χ0n) is 22.7. The highest BCUT2D eigenvalue weighted by molar-refractivity contribution is 6.02. The van der Waals surface area contributed by atoms with Crippen LogP contribution in [0.15, 0.2) is 30.3 Å². The molecule has 2 fully saturated rings.